The van der Waals surface area contributed by atoms with Crippen LogP contribution in [0.2, 0.25) is 0 Å². The predicted octanol–water partition coefficient (Wildman–Crippen LogP) is 0.510. The van der Waals surface area contributed by atoms with Crippen LogP contribution in [0.15, 0.2) is 24.3 Å². The summed E-state index contributed by atoms with van der Waals surface area (Å²) in [6, 6.07) is 7.21. The summed E-state index contributed by atoms with van der Waals surface area (Å²) in [5.41, 5.74) is 1.70. The van der Waals surface area contributed by atoms with Crippen molar-refractivity contribution in [3.05, 3.63) is 35.4 Å². The fraction of sp³-hybridized carbons (Fsp3) is 0.471. The van der Waals surface area contributed by atoms with E-state index in [9.17, 15) is 14.4 Å². The van der Waals surface area contributed by atoms with Gasteiger partial charge in [0.15, 0.2) is 0 Å². The smallest absolute Gasteiger partial charge is 0.254 e. The summed E-state index contributed by atoms with van der Waals surface area (Å²) in [5.74, 6) is -0.221. The Morgan fingerprint density at radius 1 is 1.09 bits per heavy atom. The molecule has 1 aromatic carbocycles. The number of rotatable bonds is 2. The van der Waals surface area contributed by atoms with Crippen molar-refractivity contribution in [2.24, 2.45) is 0 Å². The van der Waals surface area contributed by atoms with Gasteiger partial charge in [0.2, 0.25) is 11.8 Å². The molecule has 6 heteroatoms. The van der Waals surface area contributed by atoms with Crippen LogP contribution < -0.4 is 0 Å². The molecule has 2 aliphatic heterocycles. The molecule has 0 radical (unpaired) electrons. The van der Waals surface area contributed by atoms with Crippen molar-refractivity contribution in [1.82, 2.24) is 14.7 Å². The fourth-order valence-electron chi connectivity index (χ4n) is 3.24. The molecular weight excluding hydrogens is 294 g/mol. The molecule has 2 aliphatic rings. The van der Waals surface area contributed by atoms with Gasteiger partial charge in [0.05, 0.1) is 12.5 Å². The summed E-state index contributed by atoms with van der Waals surface area (Å²) in [6.07, 6.45) is 0.251. The third-order valence-corrected chi connectivity index (χ3v) is 4.78. The highest BCUT2D eigenvalue weighted by Gasteiger charge is 2.40. The normalized spacial score (nSPS) is 22.8. The standard InChI is InChI=1S/C17H21N3O3/c1-12-5-3-4-6-13(12)16(22)20-9-7-19(8-10-20)14-11-15(21)18(2)17(14)23/h3-6,14H,7-11H2,1-2H3. The minimum atomic E-state index is -0.358. The molecule has 1 unspecified atom stereocenters. The molecule has 2 saturated heterocycles. The molecule has 2 fully saturated rings. The van der Waals surface area contributed by atoms with Gasteiger partial charge >= 0.3 is 0 Å². The van der Waals surface area contributed by atoms with Gasteiger partial charge in [-0.2, -0.15) is 0 Å². The van der Waals surface area contributed by atoms with Crippen LogP contribution in [0, 0.1) is 6.92 Å². The Bertz CT molecular complexity index is 650. The van der Waals surface area contributed by atoms with Crippen molar-refractivity contribution in [3.63, 3.8) is 0 Å². The van der Waals surface area contributed by atoms with Crippen LogP contribution in [0.25, 0.3) is 0 Å². The predicted molar refractivity (Wildman–Crippen MR) is 84.8 cm³/mol. The molecule has 0 N–H and O–H groups in total. The van der Waals surface area contributed by atoms with Gasteiger partial charge in [-0.3, -0.25) is 24.2 Å². The lowest BCUT2D eigenvalue weighted by Gasteiger charge is -2.37. The van der Waals surface area contributed by atoms with Crippen molar-refractivity contribution in [3.8, 4) is 0 Å². The van der Waals surface area contributed by atoms with E-state index in [1.54, 1.807) is 0 Å². The third kappa shape index (κ3) is 2.86. The van der Waals surface area contributed by atoms with Gasteiger partial charge < -0.3 is 4.90 Å². The number of benzene rings is 1. The minimum absolute atomic E-state index is 0.0358. The molecule has 23 heavy (non-hydrogen) atoms. The number of aryl methyl sites for hydroxylation is 1. The average molecular weight is 315 g/mol. The largest absolute Gasteiger partial charge is 0.336 e. The van der Waals surface area contributed by atoms with Crippen LogP contribution in [0.3, 0.4) is 0 Å². The summed E-state index contributed by atoms with van der Waals surface area (Å²) < 4.78 is 0. The fourth-order valence-corrected chi connectivity index (χ4v) is 3.24. The molecule has 0 aromatic heterocycles. The first-order valence-electron chi connectivity index (χ1n) is 7.88. The first kappa shape index (κ1) is 15.7. The van der Waals surface area contributed by atoms with Gasteiger partial charge in [0.1, 0.15) is 0 Å². The van der Waals surface area contributed by atoms with E-state index < -0.39 is 0 Å². The van der Waals surface area contributed by atoms with Gasteiger partial charge in [0, 0.05) is 38.8 Å². The van der Waals surface area contributed by atoms with Crippen LogP contribution in [-0.4, -0.2) is 71.7 Å². The monoisotopic (exact) mass is 315 g/mol. The molecule has 3 amide bonds. The van der Waals surface area contributed by atoms with E-state index >= 15 is 0 Å². The van der Waals surface area contributed by atoms with Crippen LogP contribution in [-0.2, 0) is 9.59 Å². The first-order chi connectivity index (χ1) is 11.0. The van der Waals surface area contributed by atoms with E-state index in [4.69, 9.17) is 0 Å². The van der Waals surface area contributed by atoms with Crippen LogP contribution in [0.4, 0.5) is 0 Å². The second kappa shape index (κ2) is 6.12. The van der Waals surface area contributed by atoms with E-state index in [-0.39, 0.29) is 30.2 Å². The number of hydrogen-bond acceptors (Lipinski definition) is 4. The zero-order valence-electron chi connectivity index (χ0n) is 13.5. The average Bonchev–Trinajstić information content (AvgIpc) is 2.82. The number of carbonyl (C=O) groups excluding carboxylic acids is 3. The highest BCUT2D eigenvalue weighted by molar-refractivity contribution is 6.05. The van der Waals surface area contributed by atoms with Gasteiger partial charge in [-0.1, -0.05) is 18.2 Å². The Hall–Kier alpha value is -2.21. The first-order valence-corrected chi connectivity index (χ1v) is 7.88. The maximum absolute atomic E-state index is 12.6. The Morgan fingerprint density at radius 2 is 1.74 bits per heavy atom. The molecule has 122 valence electrons. The quantitative estimate of drug-likeness (QED) is 0.746. The lowest BCUT2D eigenvalue weighted by Crippen LogP contribution is -2.53. The highest BCUT2D eigenvalue weighted by atomic mass is 16.2. The van der Waals surface area contributed by atoms with E-state index in [1.807, 2.05) is 41.0 Å². The number of hydrogen-bond donors (Lipinski definition) is 0. The van der Waals surface area contributed by atoms with Crippen molar-refractivity contribution < 1.29 is 14.4 Å². The molecule has 6 nitrogen and oxygen atoms in total. The van der Waals surface area contributed by atoms with Gasteiger partial charge in [0.25, 0.3) is 5.91 Å². The molecule has 0 saturated carbocycles. The topological polar surface area (TPSA) is 60.9 Å². The number of amides is 3. The molecular formula is C17H21N3O3. The second-order valence-electron chi connectivity index (χ2n) is 6.15. The highest BCUT2D eigenvalue weighted by Crippen LogP contribution is 2.20. The van der Waals surface area contributed by atoms with Crippen molar-refractivity contribution in [1.29, 1.82) is 0 Å². The van der Waals surface area contributed by atoms with E-state index in [0.29, 0.717) is 26.2 Å². The molecule has 0 aliphatic carbocycles. The van der Waals surface area contributed by atoms with Crippen molar-refractivity contribution in [2.75, 3.05) is 33.2 Å². The summed E-state index contributed by atoms with van der Waals surface area (Å²) in [7, 11) is 1.53. The summed E-state index contributed by atoms with van der Waals surface area (Å²) in [5, 5.41) is 0. The summed E-state index contributed by atoms with van der Waals surface area (Å²) in [6.45, 7) is 4.33. The lowest BCUT2D eigenvalue weighted by molar-refractivity contribution is -0.138. The Labute approximate surface area is 135 Å². The van der Waals surface area contributed by atoms with Crippen LogP contribution in [0.5, 0.6) is 0 Å². The number of likely N-dealkylation sites (tertiary alicyclic amines) is 1. The molecule has 1 aromatic rings. The van der Waals surface area contributed by atoms with Crippen molar-refractivity contribution in [2.45, 2.75) is 19.4 Å². The Balaban J connectivity index is 1.63. The van der Waals surface area contributed by atoms with E-state index in [1.165, 1.54) is 11.9 Å². The summed E-state index contributed by atoms with van der Waals surface area (Å²) in [4.78, 5) is 41.4. The lowest BCUT2D eigenvalue weighted by atomic mass is 10.1. The Kier molecular flexibility index (Phi) is 4.17. The maximum Gasteiger partial charge on any atom is 0.254 e. The Morgan fingerprint density at radius 3 is 2.30 bits per heavy atom. The van der Waals surface area contributed by atoms with Gasteiger partial charge in [-0.25, -0.2) is 0 Å². The van der Waals surface area contributed by atoms with E-state index in [2.05, 4.69) is 0 Å². The minimum Gasteiger partial charge on any atom is -0.336 e. The summed E-state index contributed by atoms with van der Waals surface area (Å²) >= 11 is 0. The number of imide groups is 1. The third-order valence-electron chi connectivity index (χ3n) is 4.78. The molecule has 0 spiro atoms. The number of nitrogens with zero attached hydrogens (tertiary/aromatic N) is 3. The SMILES string of the molecule is Cc1ccccc1C(=O)N1CCN(C2CC(=O)N(C)C2=O)CC1. The zero-order valence-corrected chi connectivity index (χ0v) is 13.5. The van der Waals surface area contributed by atoms with Crippen LogP contribution >= 0.6 is 0 Å². The van der Waals surface area contributed by atoms with Crippen molar-refractivity contribution >= 4 is 17.7 Å². The van der Waals surface area contributed by atoms with Gasteiger partial charge in [-0.05, 0) is 18.6 Å². The molecule has 0 bridgehead atoms. The molecule has 2 heterocycles. The van der Waals surface area contributed by atoms with E-state index in [0.717, 1.165) is 11.1 Å². The maximum atomic E-state index is 12.6. The molecule has 1 atom stereocenters. The molecule has 3 rings (SSSR count). The van der Waals surface area contributed by atoms with Gasteiger partial charge in [-0.15, -0.1) is 0 Å². The number of likely N-dealkylation sites (N-methyl/N-ethyl adjacent to an activating group) is 1. The number of piperazine rings is 1. The number of carbonyl (C=O) groups is 3. The van der Waals surface area contributed by atoms with Crippen LogP contribution in [0.1, 0.15) is 22.3 Å². The second-order valence-corrected chi connectivity index (χ2v) is 6.15. The zero-order chi connectivity index (χ0) is 16.6.